The fraction of sp³-hybridized carbons (Fsp3) is 0.429. The van der Waals surface area contributed by atoms with E-state index in [9.17, 15) is 19.1 Å². The third kappa shape index (κ3) is 4.97. The summed E-state index contributed by atoms with van der Waals surface area (Å²) < 4.78 is 18.3. The molecule has 6 heteroatoms. The number of hydrogen-bond donors (Lipinski definition) is 2. The van der Waals surface area contributed by atoms with Crippen LogP contribution in [0.2, 0.25) is 0 Å². The van der Waals surface area contributed by atoms with E-state index in [1.54, 1.807) is 20.8 Å². The lowest BCUT2D eigenvalue weighted by Gasteiger charge is -2.20. The zero-order valence-electron chi connectivity index (χ0n) is 11.6. The minimum Gasteiger partial charge on any atom is -0.444 e. The van der Waals surface area contributed by atoms with Gasteiger partial charge in [0.05, 0.1) is 12.1 Å². The van der Waals surface area contributed by atoms with Crippen LogP contribution in [0.3, 0.4) is 0 Å². The number of rotatable bonds is 4. The lowest BCUT2D eigenvalue weighted by Crippen LogP contribution is -2.39. The average Bonchev–Trinajstić information content (AvgIpc) is 2.33. The molecule has 1 amide bonds. The Morgan fingerprint density at radius 1 is 1.35 bits per heavy atom. The van der Waals surface area contributed by atoms with Gasteiger partial charge in [0.1, 0.15) is 17.5 Å². The van der Waals surface area contributed by atoms with Crippen LogP contribution in [0.4, 0.5) is 9.18 Å². The number of aliphatic hydroxyl groups is 1. The van der Waals surface area contributed by atoms with Gasteiger partial charge in [0, 0.05) is 0 Å². The third-order valence-corrected chi connectivity index (χ3v) is 2.28. The second-order valence-corrected chi connectivity index (χ2v) is 5.24. The quantitative estimate of drug-likeness (QED) is 0.827. The normalized spacial score (nSPS) is 12.7. The lowest BCUT2D eigenvalue weighted by molar-refractivity contribution is 0.0484. The first-order valence-corrected chi connectivity index (χ1v) is 6.14. The van der Waals surface area contributed by atoms with Crippen LogP contribution < -0.4 is 5.32 Å². The predicted octanol–water partition coefficient (Wildman–Crippen LogP) is 1.89. The monoisotopic (exact) mass is 283 g/mol. The Bertz CT molecular complexity index is 496. The predicted molar refractivity (Wildman–Crippen MR) is 71.0 cm³/mol. The van der Waals surface area contributed by atoms with Crippen molar-refractivity contribution in [3.8, 4) is 0 Å². The van der Waals surface area contributed by atoms with Crippen molar-refractivity contribution in [2.24, 2.45) is 0 Å². The highest BCUT2D eigenvalue weighted by atomic mass is 19.1. The van der Waals surface area contributed by atoms with Gasteiger partial charge in [0.2, 0.25) is 0 Å². The number of ketones is 1. The molecule has 0 heterocycles. The maximum atomic E-state index is 13.4. The molecule has 0 spiro atoms. The molecule has 0 bridgehead atoms. The van der Waals surface area contributed by atoms with Crippen molar-refractivity contribution in [3.63, 3.8) is 0 Å². The number of carbonyl (C=O) groups is 2. The second-order valence-electron chi connectivity index (χ2n) is 5.24. The average molecular weight is 283 g/mol. The molecule has 0 fully saturated rings. The number of Topliss-reactive ketones (excluding diaryl/α,β-unsaturated/α-hetero) is 1. The molecule has 110 valence electrons. The van der Waals surface area contributed by atoms with Crippen molar-refractivity contribution < 1.29 is 23.8 Å². The molecule has 1 atom stereocenters. The summed E-state index contributed by atoms with van der Waals surface area (Å²) in [5.74, 6) is -1.51. The summed E-state index contributed by atoms with van der Waals surface area (Å²) >= 11 is 0. The van der Waals surface area contributed by atoms with Crippen LogP contribution in [0.15, 0.2) is 24.3 Å². The number of aliphatic hydroxyl groups excluding tert-OH is 1. The van der Waals surface area contributed by atoms with Crippen molar-refractivity contribution >= 4 is 11.9 Å². The number of halogens is 1. The van der Waals surface area contributed by atoms with Crippen LogP contribution in [0.1, 0.15) is 31.1 Å². The van der Waals surface area contributed by atoms with Gasteiger partial charge in [-0.05, 0) is 32.9 Å². The van der Waals surface area contributed by atoms with E-state index >= 15 is 0 Å². The largest absolute Gasteiger partial charge is 0.444 e. The van der Waals surface area contributed by atoms with Crippen LogP contribution in [0, 0.1) is 5.82 Å². The Labute approximate surface area is 116 Å². The number of ether oxygens (including phenoxy) is 1. The maximum absolute atomic E-state index is 13.4. The number of alkyl carbamates (subject to hydrolysis) is 1. The minimum absolute atomic E-state index is 0.217. The zero-order chi connectivity index (χ0) is 15.3. The molecule has 20 heavy (non-hydrogen) atoms. The van der Waals surface area contributed by atoms with E-state index in [-0.39, 0.29) is 12.1 Å². The highest BCUT2D eigenvalue weighted by Crippen LogP contribution is 2.10. The summed E-state index contributed by atoms with van der Waals surface area (Å²) in [4.78, 5) is 23.1. The Morgan fingerprint density at radius 2 is 1.95 bits per heavy atom. The number of carbonyl (C=O) groups excluding carboxylic acids is 2. The van der Waals surface area contributed by atoms with E-state index in [2.05, 4.69) is 5.32 Å². The van der Waals surface area contributed by atoms with E-state index in [0.717, 1.165) is 6.07 Å². The molecule has 1 rings (SSSR count). The van der Waals surface area contributed by atoms with Crippen molar-refractivity contribution in [3.05, 3.63) is 35.6 Å². The van der Waals surface area contributed by atoms with Gasteiger partial charge in [0.15, 0.2) is 5.78 Å². The zero-order valence-corrected chi connectivity index (χ0v) is 11.6. The molecule has 0 saturated heterocycles. The SMILES string of the molecule is CC(C)(C)OC(=O)NCC(O)C(=O)c1ccccc1F. The summed E-state index contributed by atoms with van der Waals surface area (Å²) in [7, 11) is 0. The van der Waals surface area contributed by atoms with E-state index in [0.29, 0.717) is 0 Å². The molecule has 1 aromatic carbocycles. The summed E-state index contributed by atoms with van der Waals surface area (Å²) in [5, 5.41) is 11.9. The van der Waals surface area contributed by atoms with Crippen molar-refractivity contribution in [1.29, 1.82) is 0 Å². The molecular formula is C14H18FNO4. The summed E-state index contributed by atoms with van der Waals surface area (Å²) in [6, 6.07) is 5.33. The Morgan fingerprint density at radius 3 is 2.50 bits per heavy atom. The fourth-order valence-electron chi connectivity index (χ4n) is 1.43. The summed E-state index contributed by atoms with van der Waals surface area (Å²) in [6.07, 6.45) is -2.28. The topological polar surface area (TPSA) is 75.6 Å². The summed E-state index contributed by atoms with van der Waals surface area (Å²) in [6.45, 7) is 4.72. The van der Waals surface area contributed by atoms with Gasteiger partial charge in [-0.3, -0.25) is 4.79 Å². The fourth-order valence-corrected chi connectivity index (χ4v) is 1.43. The Balaban J connectivity index is 2.55. The second kappa shape index (κ2) is 6.47. The molecule has 0 aliphatic heterocycles. The van der Waals surface area contributed by atoms with E-state index in [1.165, 1.54) is 18.2 Å². The van der Waals surface area contributed by atoms with E-state index in [1.807, 2.05) is 0 Å². The van der Waals surface area contributed by atoms with Crippen LogP contribution in [0.5, 0.6) is 0 Å². The maximum Gasteiger partial charge on any atom is 0.407 e. The molecule has 0 aliphatic rings. The van der Waals surface area contributed by atoms with Gasteiger partial charge < -0.3 is 15.2 Å². The molecule has 5 nitrogen and oxygen atoms in total. The third-order valence-electron chi connectivity index (χ3n) is 2.28. The van der Waals surface area contributed by atoms with E-state index in [4.69, 9.17) is 4.74 Å². The minimum atomic E-state index is -1.53. The first kappa shape index (κ1) is 16.1. The number of hydrogen-bond acceptors (Lipinski definition) is 4. The first-order valence-electron chi connectivity index (χ1n) is 6.14. The lowest BCUT2D eigenvalue weighted by atomic mass is 10.1. The van der Waals surface area contributed by atoms with Gasteiger partial charge >= 0.3 is 6.09 Å². The Hall–Kier alpha value is -1.95. The molecular weight excluding hydrogens is 265 g/mol. The van der Waals surface area contributed by atoms with Gasteiger partial charge in [-0.1, -0.05) is 12.1 Å². The van der Waals surface area contributed by atoms with Crippen molar-refractivity contribution in [1.82, 2.24) is 5.32 Å². The van der Waals surface area contributed by atoms with E-state index < -0.39 is 29.4 Å². The molecule has 1 aromatic rings. The molecule has 1 unspecified atom stereocenters. The number of nitrogens with one attached hydrogen (secondary N) is 1. The molecule has 0 aromatic heterocycles. The van der Waals surface area contributed by atoms with Gasteiger partial charge in [-0.15, -0.1) is 0 Å². The van der Waals surface area contributed by atoms with Gasteiger partial charge in [0.25, 0.3) is 0 Å². The standard InChI is InChI=1S/C14H18FNO4/c1-14(2,3)20-13(19)16-8-11(17)12(18)9-6-4-5-7-10(9)15/h4-7,11,17H,8H2,1-3H3,(H,16,19). The highest BCUT2D eigenvalue weighted by molar-refractivity contribution is 5.99. The van der Waals surface area contributed by atoms with Crippen LogP contribution in [0.25, 0.3) is 0 Å². The molecule has 2 N–H and O–H groups in total. The van der Waals surface area contributed by atoms with Crippen LogP contribution in [-0.4, -0.2) is 35.2 Å². The number of benzene rings is 1. The highest BCUT2D eigenvalue weighted by Gasteiger charge is 2.22. The van der Waals surface area contributed by atoms with Gasteiger partial charge in [-0.2, -0.15) is 0 Å². The summed E-state index contributed by atoms with van der Waals surface area (Å²) in [5.41, 5.74) is -0.893. The van der Waals surface area contributed by atoms with Crippen LogP contribution in [-0.2, 0) is 4.74 Å². The van der Waals surface area contributed by atoms with Crippen LogP contribution >= 0.6 is 0 Å². The van der Waals surface area contributed by atoms with Crippen molar-refractivity contribution in [2.75, 3.05) is 6.54 Å². The number of amides is 1. The smallest absolute Gasteiger partial charge is 0.407 e. The first-order chi connectivity index (χ1) is 9.20. The van der Waals surface area contributed by atoms with Gasteiger partial charge in [-0.25, -0.2) is 9.18 Å². The molecule has 0 saturated carbocycles. The molecule has 0 aliphatic carbocycles. The van der Waals surface area contributed by atoms with Crippen molar-refractivity contribution in [2.45, 2.75) is 32.5 Å². The Kier molecular flexibility index (Phi) is 5.21. The molecule has 0 radical (unpaired) electrons.